The molecule has 0 aromatic rings. The average molecular weight is 260 g/mol. The largest absolute Gasteiger partial charge is 0.241 e. The third-order valence-electron chi connectivity index (χ3n) is 3.69. The first-order valence-electron chi connectivity index (χ1n) is 7.27. The molecule has 2 nitrogen and oxygen atoms in total. The Balaban J connectivity index is 2.50. The van der Waals surface area contributed by atoms with Crippen LogP contribution in [0.2, 0.25) is 0 Å². The molecule has 1 heterocycles. The molecule has 0 radical (unpaired) electrons. The molecule has 106 valence electrons. The molecule has 0 N–H and O–H groups in total. The zero-order valence-corrected chi connectivity index (χ0v) is 12.2. The highest BCUT2D eigenvalue weighted by Gasteiger charge is 2.17. The van der Waals surface area contributed by atoms with Gasteiger partial charge >= 0.3 is 0 Å². The minimum Gasteiger partial charge on any atom is -0.241 e. The fourth-order valence-electron chi connectivity index (χ4n) is 2.30. The van der Waals surface area contributed by atoms with Crippen molar-refractivity contribution in [2.45, 2.75) is 32.1 Å². The van der Waals surface area contributed by atoms with Crippen LogP contribution in [0.5, 0.6) is 0 Å². The summed E-state index contributed by atoms with van der Waals surface area (Å²) in [4.78, 5) is 0. The Morgan fingerprint density at radius 2 is 1.21 bits per heavy atom. The number of hydrogen-bond acceptors (Lipinski definition) is 2. The van der Waals surface area contributed by atoms with Gasteiger partial charge in [-0.15, -0.1) is 0 Å². The zero-order valence-electron chi connectivity index (χ0n) is 12.2. The van der Waals surface area contributed by atoms with Crippen molar-refractivity contribution < 1.29 is 0 Å². The summed E-state index contributed by atoms with van der Waals surface area (Å²) < 4.78 is 0. The highest BCUT2D eigenvalue weighted by atomic mass is 15.6. The first kappa shape index (κ1) is 15.9. The SMILES string of the molecule is C=CC(=C)CCN1CCCCCN1CCC(=C)C=C. The van der Waals surface area contributed by atoms with Crippen LogP contribution >= 0.6 is 0 Å². The molecule has 0 spiro atoms. The van der Waals surface area contributed by atoms with Crippen molar-refractivity contribution in [3.63, 3.8) is 0 Å². The van der Waals surface area contributed by atoms with Gasteiger partial charge in [0, 0.05) is 26.2 Å². The van der Waals surface area contributed by atoms with Gasteiger partial charge in [-0.2, -0.15) is 0 Å². The number of hydrogen-bond donors (Lipinski definition) is 0. The van der Waals surface area contributed by atoms with Crippen LogP contribution in [-0.2, 0) is 0 Å². The molecule has 0 aromatic heterocycles. The summed E-state index contributed by atoms with van der Waals surface area (Å²) in [5, 5.41) is 4.97. The van der Waals surface area contributed by atoms with Crippen LogP contribution < -0.4 is 0 Å². The molecule has 2 heteroatoms. The Morgan fingerprint density at radius 1 is 0.789 bits per heavy atom. The lowest BCUT2D eigenvalue weighted by atomic mass is 10.2. The van der Waals surface area contributed by atoms with E-state index in [-0.39, 0.29) is 0 Å². The van der Waals surface area contributed by atoms with Crippen LogP contribution in [0, 0.1) is 0 Å². The molecule has 1 fully saturated rings. The van der Waals surface area contributed by atoms with Gasteiger partial charge in [0.1, 0.15) is 0 Å². The lowest BCUT2D eigenvalue weighted by molar-refractivity contribution is -0.0141. The molecule has 19 heavy (non-hydrogen) atoms. The Morgan fingerprint density at radius 3 is 1.58 bits per heavy atom. The smallest absolute Gasteiger partial charge is 0.0173 e. The van der Waals surface area contributed by atoms with Gasteiger partial charge in [-0.1, -0.05) is 56.0 Å². The quantitative estimate of drug-likeness (QED) is 0.610. The number of allylic oxidation sites excluding steroid dienone is 2. The van der Waals surface area contributed by atoms with Gasteiger partial charge in [0.05, 0.1) is 0 Å². The maximum atomic E-state index is 4.00. The monoisotopic (exact) mass is 260 g/mol. The van der Waals surface area contributed by atoms with Gasteiger partial charge in [0.15, 0.2) is 0 Å². The van der Waals surface area contributed by atoms with Crippen molar-refractivity contribution >= 4 is 0 Å². The molecule has 0 unspecified atom stereocenters. The fraction of sp³-hybridized carbons (Fsp3) is 0.529. The summed E-state index contributed by atoms with van der Waals surface area (Å²) in [6, 6.07) is 0. The van der Waals surface area contributed by atoms with Crippen LogP contribution in [0.4, 0.5) is 0 Å². The summed E-state index contributed by atoms with van der Waals surface area (Å²) in [7, 11) is 0. The lowest BCUT2D eigenvalue weighted by Gasteiger charge is -2.33. The third-order valence-corrected chi connectivity index (χ3v) is 3.69. The van der Waals surface area contributed by atoms with E-state index in [1.807, 2.05) is 12.2 Å². The summed E-state index contributed by atoms with van der Waals surface area (Å²) in [6.07, 6.45) is 9.64. The van der Waals surface area contributed by atoms with E-state index in [1.54, 1.807) is 0 Å². The van der Waals surface area contributed by atoms with E-state index >= 15 is 0 Å². The highest BCUT2D eigenvalue weighted by Crippen LogP contribution is 2.15. The molecule has 0 amide bonds. The number of hydrazine groups is 1. The number of nitrogens with zero attached hydrogens (tertiary/aromatic N) is 2. The van der Waals surface area contributed by atoms with Gasteiger partial charge in [-0.05, 0) is 25.7 Å². The first-order chi connectivity index (χ1) is 9.17. The van der Waals surface area contributed by atoms with Crippen molar-refractivity contribution in [1.29, 1.82) is 0 Å². The molecule has 1 aliphatic rings. The van der Waals surface area contributed by atoms with Crippen LogP contribution in [0.15, 0.2) is 49.6 Å². The van der Waals surface area contributed by atoms with Crippen LogP contribution in [0.3, 0.4) is 0 Å². The predicted molar refractivity (Wildman–Crippen MR) is 84.9 cm³/mol. The van der Waals surface area contributed by atoms with E-state index in [0.29, 0.717) is 0 Å². The van der Waals surface area contributed by atoms with Gasteiger partial charge in [-0.3, -0.25) is 0 Å². The molecule has 0 aliphatic carbocycles. The molecule has 0 bridgehead atoms. The molecule has 0 aromatic carbocycles. The van der Waals surface area contributed by atoms with Crippen LogP contribution in [0.25, 0.3) is 0 Å². The number of rotatable bonds is 8. The summed E-state index contributed by atoms with van der Waals surface area (Å²) in [5.74, 6) is 0. The predicted octanol–water partition coefficient (Wildman–Crippen LogP) is 3.95. The van der Waals surface area contributed by atoms with E-state index in [0.717, 1.165) is 50.2 Å². The second kappa shape index (κ2) is 8.89. The van der Waals surface area contributed by atoms with E-state index in [1.165, 1.54) is 19.3 Å². The van der Waals surface area contributed by atoms with Gasteiger partial charge in [0.2, 0.25) is 0 Å². The topological polar surface area (TPSA) is 6.48 Å². The summed E-state index contributed by atoms with van der Waals surface area (Å²) >= 11 is 0. The Labute approximate surface area is 118 Å². The summed E-state index contributed by atoms with van der Waals surface area (Å²) in [6.45, 7) is 20.0. The van der Waals surface area contributed by atoms with Crippen molar-refractivity contribution in [2.75, 3.05) is 26.2 Å². The van der Waals surface area contributed by atoms with E-state index in [2.05, 4.69) is 36.3 Å². The van der Waals surface area contributed by atoms with Crippen LogP contribution in [0.1, 0.15) is 32.1 Å². The second-order valence-electron chi connectivity index (χ2n) is 5.19. The van der Waals surface area contributed by atoms with Crippen LogP contribution in [-0.4, -0.2) is 36.2 Å². The zero-order chi connectivity index (χ0) is 14.1. The standard InChI is InChI=1S/C17H28N2/c1-5-16(3)10-14-18-12-8-7-9-13-19(18)15-11-17(4)6-2/h5-6H,1-4,7-15H2. The Kier molecular flexibility index (Phi) is 7.46. The molecular formula is C17H28N2. The first-order valence-corrected chi connectivity index (χ1v) is 7.27. The maximum absolute atomic E-state index is 4.00. The third kappa shape index (κ3) is 6.04. The maximum Gasteiger partial charge on any atom is 0.0173 e. The van der Waals surface area contributed by atoms with E-state index in [9.17, 15) is 0 Å². The van der Waals surface area contributed by atoms with Gasteiger partial charge < -0.3 is 0 Å². The molecule has 1 aliphatic heterocycles. The minimum atomic E-state index is 1.00. The molecule has 1 rings (SSSR count). The highest BCUT2D eigenvalue weighted by molar-refractivity contribution is 5.11. The molecular weight excluding hydrogens is 232 g/mol. The van der Waals surface area contributed by atoms with Crippen molar-refractivity contribution in [2.24, 2.45) is 0 Å². The minimum absolute atomic E-state index is 1.00. The lowest BCUT2D eigenvalue weighted by Crippen LogP contribution is -2.43. The van der Waals surface area contributed by atoms with Crippen molar-refractivity contribution in [1.82, 2.24) is 10.0 Å². The Hall–Kier alpha value is -1.12. The molecule has 0 atom stereocenters. The Bertz CT molecular complexity index is 298. The normalized spacial score (nSPS) is 17.7. The second-order valence-corrected chi connectivity index (χ2v) is 5.19. The summed E-state index contributed by atoms with van der Waals surface area (Å²) in [5.41, 5.74) is 2.25. The van der Waals surface area contributed by atoms with Gasteiger partial charge in [0.25, 0.3) is 0 Å². The van der Waals surface area contributed by atoms with Crippen molar-refractivity contribution in [3.05, 3.63) is 49.6 Å². The van der Waals surface area contributed by atoms with Gasteiger partial charge in [-0.25, -0.2) is 10.0 Å². The molecule has 1 saturated heterocycles. The van der Waals surface area contributed by atoms with E-state index < -0.39 is 0 Å². The fourth-order valence-corrected chi connectivity index (χ4v) is 2.30. The van der Waals surface area contributed by atoms with E-state index in [4.69, 9.17) is 0 Å². The van der Waals surface area contributed by atoms with Crippen molar-refractivity contribution in [3.8, 4) is 0 Å². The molecule has 0 saturated carbocycles. The average Bonchev–Trinajstić information content (AvgIpc) is 2.67.